The summed E-state index contributed by atoms with van der Waals surface area (Å²) in [6, 6.07) is 10.1. The smallest absolute Gasteiger partial charge is 0.0897 e. The topological polar surface area (TPSA) is 41.5 Å². The van der Waals surface area contributed by atoms with Crippen molar-refractivity contribution in [1.82, 2.24) is 5.32 Å². The fourth-order valence-electron chi connectivity index (χ4n) is 3.10. The van der Waals surface area contributed by atoms with Gasteiger partial charge < -0.3 is 15.2 Å². The van der Waals surface area contributed by atoms with Crippen LogP contribution in [-0.4, -0.2) is 30.9 Å². The number of aliphatic hydroxyl groups is 1. The molecular formula is C18H29NO2. The predicted molar refractivity (Wildman–Crippen MR) is 86.2 cm³/mol. The molecule has 4 unspecified atom stereocenters. The van der Waals surface area contributed by atoms with E-state index < -0.39 is 6.10 Å². The van der Waals surface area contributed by atoms with Gasteiger partial charge in [0.1, 0.15) is 0 Å². The van der Waals surface area contributed by atoms with Crippen LogP contribution in [0.3, 0.4) is 0 Å². The van der Waals surface area contributed by atoms with E-state index in [2.05, 4.69) is 24.4 Å². The van der Waals surface area contributed by atoms with E-state index >= 15 is 0 Å². The van der Waals surface area contributed by atoms with E-state index in [1.165, 1.54) is 19.3 Å². The van der Waals surface area contributed by atoms with Crippen LogP contribution in [0.5, 0.6) is 0 Å². The van der Waals surface area contributed by atoms with Gasteiger partial charge in [0.25, 0.3) is 0 Å². The zero-order valence-corrected chi connectivity index (χ0v) is 13.3. The van der Waals surface area contributed by atoms with E-state index in [4.69, 9.17) is 4.74 Å². The van der Waals surface area contributed by atoms with Crippen molar-refractivity contribution in [2.75, 3.05) is 19.7 Å². The summed E-state index contributed by atoms with van der Waals surface area (Å²) >= 11 is 0. The molecule has 1 fully saturated rings. The van der Waals surface area contributed by atoms with Crippen molar-refractivity contribution in [3.8, 4) is 0 Å². The van der Waals surface area contributed by atoms with Crippen LogP contribution in [0.1, 0.15) is 44.8 Å². The monoisotopic (exact) mass is 291 g/mol. The van der Waals surface area contributed by atoms with Gasteiger partial charge >= 0.3 is 0 Å². The van der Waals surface area contributed by atoms with E-state index in [1.54, 1.807) is 0 Å². The van der Waals surface area contributed by atoms with Gasteiger partial charge in [-0.05, 0) is 43.7 Å². The van der Waals surface area contributed by atoms with E-state index in [0.29, 0.717) is 13.2 Å². The number of benzene rings is 1. The summed E-state index contributed by atoms with van der Waals surface area (Å²) in [5, 5.41) is 13.4. The van der Waals surface area contributed by atoms with E-state index in [0.717, 1.165) is 23.9 Å². The molecule has 0 heterocycles. The van der Waals surface area contributed by atoms with Crippen molar-refractivity contribution in [2.24, 2.45) is 11.8 Å². The van der Waals surface area contributed by atoms with Crippen molar-refractivity contribution < 1.29 is 9.84 Å². The molecule has 0 spiro atoms. The Morgan fingerprint density at radius 2 is 2.05 bits per heavy atom. The third kappa shape index (κ3) is 5.77. The van der Waals surface area contributed by atoms with E-state index in [9.17, 15) is 5.11 Å². The van der Waals surface area contributed by atoms with Crippen LogP contribution in [0.15, 0.2) is 30.3 Å². The molecule has 4 atom stereocenters. The highest BCUT2D eigenvalue weighted by atomic mass is 16.5. The maximum Gasteiger partial charge on any atom is 0.0897 e. The maximum absolute atomic E-state index is 9.98. The minimum atomic E-state index is -0.435. The number of rotatable bonds is 8. The Balaban J connectivity index is 1.58. The summed E-state index contributed by atoms with van der Waals surface area (Å²) in [4.78, 5) is 0. The Labute approximate surface area is 128 Å². The molecule has 118 valence electrons. The highest BCUT2D eigenvalue weighted by molar-refractivity contribution is 5.16. The molecule has 3 nitrogen and oxygen atoms in total. The van der Waals surface area contributed by atoms with Gasteiger partial charge in [0.05, 0.1) is 18.8 Å². The Morgan fingerprint density at radius 3 is 2.71 bits per heavy atom. The molecule has 21 heavy (non-hydrogen) atoms. The summed E-state index contributed by atoms with van der Waals surface area (Å²) in [6.07, 6.45) is 3.59. The number of nitrogens with one attached hydrogen (secondary N) is 1. The SMILES string of the molecule is CC1CCC(CNCC(O)COC(C)c2ccccc2)C1. The number of hydrogen-bond donors (Lipinski definition) is 2. The Kier molecular flexibility index (Phi) is 6.68. The highest BCUT2D eigenvalue weighted by Crippen LogP contribution is 2.29. The molecule has 0 aliphatic heterocycles. The molecule has 1 aliphatic rings. The number of ether oxygens (including phenoxy) is 1. The summed E-state index contributed by atoms with van der Waals surface area (Å²) in [5.41, 5.74) is 1.15. The van der Waals surface area contributed by atoms with Crippen molar-refractivity contribution in [1.29, 1.82) is 0 Å². The molecule has 1 aromatic carbocycles. The lowest BCUT2D eigenvalue weighted by Gasteiger charge is -2.18. The average molecular weight is 291 g/mol. The van der Waals surface area contributed by atoms with Crippen molar-refractivity contribution in [3.63, 3.8) is 0 Å². The maximum atomic E-state index is 9.98. The van der Waals surface area contributed by atoms with Crippen LogP contribution in [-0.2, 0) is 4.74 Å². The summed E-state index contributed by atoms with van der Waals surface area (Å²) < 4.78 is 5.74. The Hall–Kier alpha value is -0.900. The molecule has 0 radical (unpaired) electrons. The van der Waals surface area contributed by atoms with Gasteiger partial charge in [-0.3, -0.25) is 0 Å². The second kappa shape index (κ2) is 8.52. The van der Waals surface area contributed by atoms with Crippen LogP contribution in [0.2, 0.25) is 0 Å². The quantitative estimate of drug-likeness (QED) is 0.773. The lowest BCUT2D eigenvalue weighted by molar-refractivity contribution is -0.00223. The van der Waals surface area contributed by atoms with Crippen LogP contribution >= 0.6 is 0 Å². The van der Waals surface area contributed by atoms with E-state index in [-0.39, 0.29) is 6.10 Å². The third-order valence-electron chi connectivity index (χ3n) is 4.42. The molecule has 0 bridgehead atoms. The van der Waals surface area contributed by atoms with Crippen molar-refractivity contribution >= 4 is 0 Å². The second-order valence-electron chi connectivity index (χ2n) is 6.48. The van der Waals surface area contributed by atoms with Crippen LogP contribution in [0, 0.1) is 11.8 Å². The van der Waals surface area contributed by atoms with Crippen molar-refractivity contribution in [2.45, 2.75) is 45.3 Å². The first-order valence-electron chi connectivity index (χ1n) is 8.20. The summed E-state index contributed by atoms with van der Waals surface area (Å²) in [6.45, 7) is 6.37. The van der Waals surface area contributed by atoms with Gasteiger partial charge in [0, 0.05) is 6.54 Å². The molecule has 1 aliphatic carbocycles. The molecule has 1 saturated carbocycles. The second-order valence-corrected chi connectivity index (χ2v) is 6.48. The van der Waals surface area contributed by atoms with Crippen LogP contribution < -0.4 is 5.32 Å². The van der Waals surface area contributed by atoms with Gasteiger partial charge in [0.2, 0.25) is 0 Å². The first kappa shape index (κ1) is 16.5. The summed E-state index contributed by atoms with van der Waals surface area (Å²) in [7, 11) is 0. The van der Waals surface area contributed by atoms with Gasteiger partial charge in [-0.1, -0.05) is 43.7 Å². The highest BCUT2D eigenvalue weighted by Gasteiger charge is 2.20. The molecular weight excluding hydrogens is 262 g/mol. The summed E-state index contributed by atoms with van der Waals surface area (Å²) in [5.74, 6) is 1.66. The molecule has 0 saturated heterocycles. The number of aliphatic hydroxyl groups excluding tert-OH is 1. The molecule has 2 rings (SSSR count). The molecule has 0 amide bonds. The first-order valence-corrected chi connectivity index (χ1v) is 8.20. The van der Waals surface area contributed by atoms with Gasteiger partial charge in [0.15, 0.2) is 0 Å². The Bertz CT molecular complexity index is 395. The third-order valence-corrected chi connectivity index (χ3v) is 4.42. The normalized spacial score (nSPS) is 24.9. The average Bonchev–Trinajstić information content (AvgIpc) is 2.91. The fraction of sp³-hybridized carbons (Fsp3) is 0.667. The predicted octanol–water partition coefficient (Wildman–Crippen LogP) is 3.15. The van der Waals surface area contributed by atoms with Gasteiger partial charge in [-0.2, -0.15) is 0 Å². The van der Waals surface area contributed by atoms with Gasteiger partial charge in [-0.25, -0.2) is 0 Å². The molecule has 0 aromatic heterocycles. The molecule has 2 N–H and O–H groups in total. The number of hydrogen-bond acceptors (Lipinski definition) is 3. The minimum Gasteiger partial charge on any atom is -0.389 e. The lowest BCUT2D eigenvalue weighted by atomic mass is 10.1. The lowest BCUT2D eigenvalue weighted by Crippen LogP contribution is -2.33. The van der Waals surface area contributed by atoms with Crippen LogP contribution in [0.4, 0.5) is 0 Å². The van der Waals surface area contributed by atoms with E-state index in [1.807, 2.05) is 25.1 Å². The zero-order valence-electron chi connectivity index (χ0n) is 13.3. The van der Waals surface area contributed by atoms with Crippen molar-refractivity contribution in [3.05, 3.63) is 35.9 Å². The van der Waals surface area contributed by atoms with Gasteiger partial charge in [-0.15, -0.1) is 0 Å². The molecule has 1 aromatic rings. The molecule has 3 heteroatoms. The van der Waals surface area contributed by atoms with Crippen LogP contribution in [0.25, 0.3) is 0 Å². The fourth-order valence-corrected chi connectivity index (χ4v) is 3.10. The first-order chi connectivity index (χ1) is 10.1. The zero-order chi connectivity index (χ0) is 15.1. The standard InChI is InChI=1S/C18H29NO2/c1-14-8-9-16(10-14)11-19-12-18(20)13-21-15(2)17-6-4-3-5-7-17/h3-7,14-16,18-20H,8-13H2,1-2H3. The largest absolute Gasteiger partial charge is 0.389 e. The minimum absolute atomic E-state index is 0.0246. The Morgan fingerprint density at radius 1 is 1.29 bits per heavy atom.